The number of anilines is 6. The van der Waals surface area contributed by atoms with Crippen LogP contribution in [0.2, 0.25) is 5.02 Å². The average Bonchev–Trinajstić information content (AvgIpc) is 3.06. The number of carbonyl (C=O) groups excluding carboxylic acids is 1. The number of aromatic nitrogens is 2. The Morgan fingerprint density at radius 3 is 2.57 bits per heavy atom. The van der Waals surface area contributed by atoms with Crippen LogP contribution < -0.4 is 25.2 Å². The van der Waals surface area contributed by atoms with Crippen molar-refractivity contribution in [3.63, 3.8) is 0 Å². The molecule has 0 atom stereocenters. The molecule has 1 aromatic heterocycles. The second-order valence-corrected chi connectivity index (χ2v) is 12.3. The minimum atomic E-state index is 0.103. The number of ether oxygens (including phenoxy) is 1. The monoisotopic (exact) mass is 618 g/mol. The number of piperazine rings is 1. The van der Waals surface area contributed by atoms with Gasteiger partial charge in [-0.05, 0) is 56.5 Å². The summed E-state index contributed by atoms with van der Waals surface area (Å²) in [5.41, 5.74) is 4.77. The van der Waals surface area contributed by atoms with Gasteiger partial charge in [0.15, 0.2) is 5.82 Å². The number of nitrogens with zero attached hydrogens (tertiary/aromatic N) is 6. The number of likely N-dealkylation sites (N-methyl/N-ethyl adjacent to an activating group) is 1. The maximum atomic E-state index is 12.8. The van der Waals surface area contributed by atoms with Gasteiger partial charge in [0.25, 0.3) is 0 Å². The van der Waals surface area contributed by atoms with E-state index in [1.54, 1.807) is 13.3 Å². The van der Waals surface area contributed by atoms with E-state index >= 15 is 0 Å². The number of fused-ring (bicyclic) bond motifs is 1. The molecule has 0 radical (unpaired) electrons. The van der Waals surface area contributed by atoms with E-state index < -0.39 is 0 Å². The summed E-state index contributed by atoms with van der Waals surface area (Å²) in [5, 5.41) is 7.09. The van der Waals surface area contributed by atoms with Gasteiger partial charge in [-0.1, -0.05) is 30.7 Å². The first-order chi connectivity index (χ1) is 21.4. The van der Waals surface area contributed by atoms with Crippen molar-refractivity contribution in [2.45, 2.75) is 45.1 Å². The van der Waals surface area contributed by atoms with Gasteiger partial charge in [0.2, 0.25) is 11.9 Å². The smallest absolute Gasteiger partial charge is 0.229 e. The third kappa shape index (κ3) is 6.57. The van der Waals surface area contributed by atoms with Crippen molar-refractivity contribution >= 4 is 52.0 Å². The maximum Gasteiger partial charge on any atom is 0.229 e. The largest absolute Gasteiger partial charge is 0.494 e. The Labute approximate surface area is 265 Å². The fourth-order valence-corrected chi connectivity index (χ4v) is 6.75. The number of amides is 1. The number of halogens is 1. The SMILES string of the molecule is CCC(=O)N1CCCc2cccc(Nc3nc(Nc4ccc(N5CCC(N6CCN(C)CC6)CC5)cc4OC)ncc3Cl)c21. The molecule has 2 fully saturated rings. The predicted octanol–water partition coefficient (Wildman–Crippen LogP) is 5.53. The molecule has 2 saturated heterocycles. The highest BCUT2D eigenvalue weighted by Crippen LogP contribution is 2.38. The van der Waals surface area contributed by atoms with Gasteiger partial charge in [-0.3, -0.25) is 9.69 Å². The molecule has 234 valence electrons. The van der Waals surface area contributed by atoms with Crippen LogP contribution in [0.5, 0.6) is 5.75 Å². The van der Waals surface area contributed by atoms with Crippen LogP contribution in [0.1, 0.15) is 38.2 Å². The van der Waals surface area contributed by atoms with E-state index in [1.165, 1.54) is 25.9 Å². The molecule has 2 aromatic carbocycles. The second kappa shape index (κ2) is 13.6. The fourth-order valence-electron chi connectivity index (χ4n) is 6.61. The van der Waals surface area contributed by atoms with Crippen molar-refractivity contribution in [1.29, 1.82) is 0 Å². The lowest BCUT2D eigenvalue weighted by molar-refractivity contribution is -0.118. The number of benzene rings is 2. The van der Waals surface area contributed by atoms with Crippen molar-refractivity contribution in [1.82, 2.24) is 19.8 Å². The second-order valence-electron chi connectivity index (χ2n) is 11.9. The van der Waals surface area contributed by atoms with Crippen LogP contribution in [-0.2, 0) is 11.2 Å². The number of para-hydroxylation sites is 1. The minimum absolute atomic E-state index is 0.103. The molecule has 2 N–H and O–H groups in total. The number of aryl methyl sites for hydroxylation is 1. The number of hydrogen-bond donors (Lipinski definition) is 2. The summed E-state index contributed by atoms with van der Waals surface area (Å²) in [6.45, 7) is 9.32. The zero-order valence-corrected chi connectivity index (χ0v) is 26.7. The molecule has 0 bridgehead atoms. The summed E-state index contributed by atoms with van der Waals surface area (Å²) in [4.78, 5) is 31.3. The normalized spacial score (nSPS) is 18.2. The summed E-state index contributed by atoms with van der Waals surface area (Å²) in [5.74, 6) is 1.68. The van der Waals surface area contributed by atoms with Crippen LogP contribution in [-0.4, -0.2) is 91.7 Å². The van der Waals surface area contributed by atoms with E-state index in [4.69, 9.17) is 21.3 Å². The molecule has 0 unspecified atom stereocenters. The quantitative estimate of drug-likeness (QED) is 0.338. The van der Waals surface area contributed by atoms with Gasteiger partial charge in [-0.15, -0.1) is 0 Å². The molecular weight excluding hydrogens is 576 g/mol. The van der Waals surface area contributed by atoms with Crippen molar-refractivity contribution in [3.8, 4) is 5.75 Å². The number of piperidine rings is 1. The number of rotatable bonds is 8. The molecule has 4 heterocycles. The van der Waals surface area contributed by atoms with Gasteiger partial charge >= 0.3 is 0 Å². The van der Waals surface area contributed by atoms with E-state index in [9.17, 15) is 4.79 Å². The predicted molar refractivity (Wildman–Crippen MR) is 178 cm³/mol. The Morgan fingerprint density at radius 2 is 1.82 bits per heavy atom. The van der Waals surface area contributed by atoms with Crippen LogP contribution in [0.15, 0.2) is 42.6 Å². The van der Waals surface area contributed by atoms with E-state index in [1.807, 2.05) is 30.0 Å². The molecule has 1 amide bonds. The fraction of sp³-hybridized carbons (Fsp3) is 0.485. The Morgan fingerprint density at radius 1 is 1.02 bits per heavy atom. The highest BCUT2D eigenvalue weighted by molar-refractivity contribution is 6.33. The lowest BCUT2D eigenvalue weighted by atomic mass is 10.00. The van der Waals surface area contributed by atoms with Crippen LogP contribution in [0, 0.1) is 0 Å². The van der Waals surface area contributed by atoms with Crippen LogP contribution in [0.4, 0.5) is 34.5 Å². The molecule has 10 nitrogen and oxygen atoms in total. The Balaban J connectivity index is 1.15. The number of methoxy groups -OCH3 is 1. The average molecular weight is 619 g/mol. The third-order valence-corrected chi connectivity index (χ3v) is 9.41. The molecule has 6 rings (SSSR count). The standard InChI is InChI=1S/C33H43ClN8O2/c1-4-30(43)42-14-6-8-23-7-5-9-28(31(23)42)36-32-26(34)22-35-33(38-32)37-27-11-10-25(21-29(27)44-3)40-15-12-24(13-16-40)41-19-17-39(2)18-20-41/h5,7,9-11,21-22,24H,4,6,8,12-20H2,1-3H3,(H2,35,36,37,38). The zero-order chi connectivity index (χ0) is 30.6. The first-order valence-electron chi connectivity index (χ1n) is 15.8. The zero-order valence-electron chi connectivity index (χ0n) is 26.0. The highest BCUT2D eigenvalue weighted by atomic mass is 35.5. The van der Waals surface area contributed by atoms with Gasteiger partial charge in [-0.2, -0.15) is 4.98 Å². The first-order valence-corrected chi connectivity index (χ1v) is 16.2. The summed E-state index contributed by atoms with van der Waals surface area (Å²) in [6.07, 6.45) is 6.25. The van der Waals surface area contributed by atoms with Gasteiger partial charge < -0.3 is 30.1 Å². The molecule has 44 heavy (non-hydrogen) atoms. The summed E-state index contributed by atoms with van der Waals surface area (Å²) in [6, 6.07) is 12.9. The Bertz CT molecular complexity index is 1470. The van der Waals surface area contributed by atoms with Crippen molar-refractivity contribution in [2.24, 2.45) is 0 Å². The third-order valence-electron chi connectivity index (χ3n) is 9.13. The van der Waals surface area contributed by atoms with Gasteiger partial charge in [0.1, 0.15) is 10.8 Å². The van der Waals surface area contributed by atoms with E-state index in [0.29, 0.717) is 35.8 Å². The lowest BCUT2D eigenvalue weighted by Crippen LogP contribution is -2.52. The van der Waals surface area contributed by atoms with E-state index in [0.717, 1.165) is 73.1 Å². The van der Waals surface area contributed by atoms with E-state index in [2.05, 4.69) is 55.6 Å². The van der Waals surface area contributed by atoms with Crippen molar-refractivity contribution < 1.29 is 9.53 Å². The summed E-state index contributed by atoms with van der Waals surface area (Å²) < 4.78 is 5.80. The molecule has 3 aliphatic heterocycles. The van der Waals surface area contributed by atoms with Crippen LogP contribution in [0.3, 0.4) is 0 Å². The van der Waals surface area contributed by atoms with Crippen LogP contribution >= 0.6 is 11.6 Å². The highest BCUT2D eigenvalue weighted by Gasteiger charge is 2.28. The molecule has 0 saturated carbocycles. The van der Waals surface area contributed by atoms with E-state index in [-0.39, 0.29) is 5.91 Å². The van der Waals surface area contributed by atoms with Gasteiger partial charge in [-0.25, -0.2) is 4.98 Å². The number of hydrogen-bond acceptors (Lipinski definition) is 9. The minimum Gasteiger partial charge on any atom is -0.494 e. The molecule has 11 heteroatoms. The number of carbonyl (C=O) groups is 1. The van der Waals surface area contributed by atoms with Gasteiger partial charge in [0.05, 0.1) is 30.4 Å². The van der Waals surface area contributed by atoms with Crippen molar-refractivity contribution in [3.05, 3.63) is 53.2 Å². The summed E-state index contributed by atoms with van der Waals surface area (Å²) >= 11 is 6.56. The molecule has 3 aromatic rings. The maximum absolute atomic E-state index is 12.8. The topological polar surface area (TPSA) is 89.1 Å². The number of nitrogens with one attached hydrogen (secondary N) is 2. The molecule has 0 spiro atoms. The lowest BCUT2D eigenvalue weighted by Gasteiger charge is -2.42. The molecular formula is C33H43ClN8O2. The first kappa shape index (κ1) is 30.4. The Kier molecular flexibility index (Phi) is 9.39. The molecule has 3 aliphatic rings. The van der Waals surface area contributed by atoms with Crippen LogP contribution in [0.25, 0.3) is 0 Å². The summed E-state index contributed by atoms with van der Waals surface area (Å²) in [7, 11) is 3.89. The molecule has 0 aliphatic carbocycles. The Hall–Kier alpha value is -3.60. The van der Waals surface area contributed by atoms with Gasteiger partial charge in [0, 0.05) is 70.0 Å². The van der Waals surface area contributed by atoms with Crippen molar-refractivity contribution in [2.75, 3.05) is 80.4 Å².